The molecule has 3 rings (SSSR count). The van der Waals surface area contributed by atoms with E-state index in [-0.39, 0.29) is 5.75 Å². The number of aryl methyl sites for hydroxylation is 1. The number of benzene rings is 2. The molecule has 32 heavy (non-hydrogen) atoms. The Hall–Kier alpha value is -3.34. The highest BCUT2D eigenvalue weighted by Gasteiger charge is 2.31. The number of carboxylic acids is 1. The van der Waals surface area contributed by atoms with Crippen LogP contribution in [0.1, 0.15) is 17.5 Å². The SMILES string of the molecule is Cc1cc(OCCc2nc(-c3ccc(OC(F)(F)F)cc3)ns2)ccc1OC(C)C(=O)O. The van der Waals surface area contributed by atoms with Gasteiger partial charge in [-0.3, -0.25) is 0 Å². The lowest BCUT2D eigenvalue weighted by molar-refractivity contribution is -0.274. The Morgan fingerprint density at radius 1 is 1.16 bits per heavy atom. The number of hydrogen-bond acceptors (Lipinski definition) is 7. The molecule has 0 spiro atoms. The molecule has 0 radical (unpaired) electrons. The quantitative estimate of drug-likeness (QED) is 0.478. The molecule has 1 heterocycles. The van der Waals surface area contributed by atoms with Crippen molar-refractivity contribution < 1.29 is 37.3 Å². The number of carbonyl (C=O) groups is 1. The second-order valence-corrected chi connectivity index (χ2v) is 7.54. The van der Waals surface area contributed by atoms with Gasteiger partial charge in [0.1, 0.15) is 22.3 Å². The molecule has 0 aliphatic rings. The van der Waals surface area contributed by atoms with Gasteiger partial charge in [-0.05, 0) is 73.4 Å². The number of hydrogen-bond donors (Lipinski definition) is 1. The highest BCUT2D eigenvalue weighted by Crippen LogP contribution is 2.27. The Labute approximate surface area is 185 Å². The summed E-state index contributed by atoms with van der Waals surface area (Å²) in [7, 11) is 0. The lowest BCUT2D eigenvalue weighted by Gasteiger charge is -2.14. The minimum Gasteiger partial charge on any atom is -0.493 e. The van der Waals surface area contributed by atoms with Crippen molar-refractivity contribution >= 4 is 17.5 Å². The molecule has 2 aromatic carbocycles. The summed E-state index contributed by atoms with van der Waals surface area (Å²) in [5.74, 6) is 0.116. The predicted octanol–water partition coefficient (Wildman–Crippen LogP) is 4.89. The van der Waals surface area contributed by atoms with Crippen molar-refractivity contribution in [3.8, 4) is 28.6 Å². The molecule has 170 valence electrons. The van der Waals surface area contributed by atoms with Crippen molar-refractivity contribution in [3.05, 3.63) is 53.0 Å². The number of rotatable bonds is 9. The monoisotopic (exact) mass is 468 g/mol. The van der Waals surface area contributed by atoms with Crippen molar-refractivity contribution in [1.82, 2.24) is 9.36 Å². The first-order valence-corrected chi connectivity index (χ1v) is 10.2. The first-order chi connectivity index (χ1) is 15.1. The van der Waals surface area contributed by atoms with E-state index in [9.17, 15) is 18.0 Å². The van der Waals surface area contributed by atoms with E-state index in [1.54, 1.807) is 25.1 Å². The molecule has 1 N–H and O–H groups in total. The van der Waals surface area contributed by atoms with E-state index in [2.05, 4.69) is 14.1 Å². The summed E-state index contributed by atoms with van der Waals surface area (Å²) in [5.41, 5.74) is 1.32. The molecule has 0 saturated carbocycles. The van der Waals surface area contributed by atoms with E-state index in [1.165, 1.54) is 42.7 Å². The number of aromatic nitrogens is 2. The molecule has 0 aliphatic heterocycles. The predicted molar refractivity (Wildman–Crippen MR) is 110 cm³/mol. The average molecular weight is 468 g/mol. The van der Waals surface area contributed by atoms with E-state index < -0.39 is 18.4 Å². The van der Waals surface area contributed by atoms with Crippen LogP contribution in [0.25, 0.3) is 11.4 Å². The van der Waals surface area contributed by atoms with Crippen LogP contribution in [0.4, 0.5) is 13.2 Å². The highest BCUT2D eigenvalue weighted by molar-refractivity contribution is 7.05. The fraction of sp³-hybridized carbons (Fsp3) is 0.286. The summed E-state index contributed by atoms with van der Waals surface area (Å²) >= 11 is 1.18. The van der Waals surface area contributed by atoms with Crippen molar-refractivity contribution in [1.29, 1.82) is 0 Å². The maximum absolute atomic E-state index is 12.2. The van der Waals surface area contributed by atoms with E-state index in [0.29, 0.717) is 40.9 Å². The molecule has 3 aromatic rings. The van der Waals surface area contributed by atoms with Gasteiger partial charge in [-0.25, -0.2) is 9.78 Å². The van der Waals surface area contributed by atoms with Crippen LogP contribution >= 0.6 is 11.5 Å². The topological polar surface area (TPSA) is 90.8 Å². The van der Waals surface area contributed by atoms with E-state index in [1.807, 2.05) is 0 Å². The van der Waals surface area contributed by atoms with Crippen molar-refractivity contribution in [3.63, 3.8) is 0 Å². The Morgan fingerprint density at radius 3 is 2.47 bits per heavy atom. The van der Waals surface area contributed by atoms with Gasteiger partial charge in [0.25, 0.3) is 0 Å². The van der Waals surface area contributed by atoms with E-state index in [0.717, 1.165) is 5.56 Å². The van der Waals surface area contributed by atoms with Crippen LogP contribution in [0.5, 0.6) is 17.2 Å². The van der Waals surface area contributed by atoms with Gasteiger partial charge in [-0.2, -0.15) is 4.37 Å². The van der Waals surface area contributed by atoms with Gasteiger partial charge < -0.3 is 19.3 Å². The average Bonchev–Trinajstić information content (AvgIpc) is 3.18. The molecule has 1 unspecified atom stereocenters. The third-order valence-electron chi connectivity index (χ3n) is 4.20. The fourth-order valence-corrected chi connectivity index (χ4v) is 3.26. The minimum absolute atomic E-state index is 0.311. The van der Waals surface area contributed by atoms with Gasteiger partial charge in [-0.1, -0.05) is 0 Å². The molecular weight excluding hydrogens is 449 g/mol. The lowest BCUT2D eigenvalue weighted by Crippen LogP contribution is -2.23. The molecule has 0 saturated heterocycles. The van der Waals surface area contributed by atoms with Crippen LogP contribution in [-0.4, -0.2) is 39.5 Å². The highest BCUT2D eigenvalue weighted by atomic mass is 32.1. The smallest absolute Gasteiger partial charge is 0.493 e. The van der Waals surface area contributed by atoms with Crippen LogP contribution in [-0.2, 0) is 11.2 Å². The third-order valence-corrected chi connectivity index (χ3v) is 4.97. The van der Waals surface area contributed by atoms with Crippen molar-refractivity contribution in [2.75, 3.05) is 6.61 Å². The van der Waals surface area contributed by atoms with Gasteiger partial charge in [0.2, 0.25) is 0 Å². The third kappa shape index (κ3) is 6.58. The zero-order valence-electron chi connectivity index (χ0n) is 17.0. The van der Waals surface area contributed by atoms with Crippen LogP contribution in [0.15, 0.2) is 42.5 Å². The molecular formula is C21H19F3N2O5S. The Balaban J connectivity index is 1.53. The molecule has 0 amide bonds. The standard InChI is InChI=1S/C21H19F3N2O5S/c1-12-11-16(7-8-17(12)30-13(2)20(27)28)29-10-9-18-25-19(26-32-18)14-3-5-15(6-4-14)31-21(22,23)24/h3-8,11,13H,9-10H2,1-2H3,(H,27,28). The maximum atomic E-state index is 12.2. The number of alkyl halides is 3. The summed E-state index contributed by atoms with van der Waals surface area (Å²) in [6.45, 7) is 3.57. The number of halogens is 3. The number of nitrogens with zero attached hydrogens (tertiary/aromatic N) is 2. The van der Waals surface area contributed by atoms with Gasteiger partial charge >= 0.3 is 12.3 Å². The molecule has 0 fully saturated rings. The molecule has 0 aliphatic carbocycles. The van der Waals surface area contributed by atoms with E-state index >= 15 is 0 Å². The first kappa shape index (κ1) is 23.3. The fourth-order valence-electron chi connectivity index (χ4n) is 2.62. The minimum atomic E-state index is -4.74. The van der Waals surface area contributed by atoms with Crippen molar-refractivity contribution in [2.24, 2.45) is 0 Å². The Morgan fingerprint density at radius 2 is 1.84 bits per heavy atom. The zero-order chi connectivity index (χ0) is 23.3. The summed E-state index contributed by atoms with van der Waals surface area (Å²) < 4.78 is 55.9. The summed E-state index contributed by atoms with van der Waals surface area (Å²) in [5, 5.41) is 9.64. The molecule has 11 heteroatoms. The normalized spacial score (nSPS) is 12.3. The second-order valence-electron chi connectivity index (χ2n) is 6.71. The second kappa shape index (κ2) is 9.86. The van der Waals surface area contributed by atoms with Gasteiger partial charge in [0, 0.05) is 12.0 Å². The number of ether oxygens (including phenoxy) is 3. The van der Waals surface area contributed by atoms with Crippen LogP contribution < -0.4 is 14.2 Å². The Bertz CT molecular complexity index is 1070. The van der Waals surface area contributed by atoms with Crippen LogP contribution in [0, 0.1) is 6.92 Å². The summed E-state index contributed by atoms with van der Waals surface area (Å²) in [6, 6.07) is 10.4. The molecule has 7 nitrogen and oxygen atoms in total. The first-order valence-electron chi connectivity index (χ1n) is 9.42. The molecule has 1 atom stereocenters. The van der Waals surface area contributed by atoms with Gasteiger partial charge in [0.05, 0.1) is 6.61 Å². The van der Waals surface area contributed by atoms with E-state index in [4.69, 9.17) is 14.6 Å². The summed E-state index contributed by atoms with van der Waals surface area (Å²) in [6.07, 6.45) is -5.21. The number of aliphatic carboxylic acids is 1. The lowest BCUT2D eigenvalue weighted by atomic mass is 10.2. The van der Waals surface area contributed by atoms with Gasteiger partial charge in [-0.15, -0.1) is 13.2 Å². The number of carboxylic acid groups (broad SMARTS) is 1. The molecule has 0 bridgehead atoms. The Kier molecular flexibility index (Phi) is 7.18. The maximum Gasteiger partial charge on any atom is 0.573 e. The van der Waals surface area contributed by atoms with Crippen LogP contribution in [0.3, 0.4) is 0 Å². The van der Waals surface area contributed by atoms with Crippen molar-refractivity contribution in [2.45, 2.75) is 32.7 Å². The van der Waals surface area contributed by atoms with Crippen LogP contribution in [0.2, 0.25) is 0 Å². The largest absolute Gasteiger partial charge is 0.573 e. The molecule has 1 aromatic heterocycles. The zero-order valence-corrected chi connectivity index (χ0v) is 17.9. The van der Waals surface area contributed by atoms with Gasteiger partial charge in [0.15, 0.2) is 11.9 Å². The summed E-state index contributed by atoms with van der Waals surface area (Å²) in [4.78, 5) is 15.3.